The third kappa shape index (κ3) is 3.13. The van der Waals surface area contributed by atoms with Crippen molar-refractivity contribution in [1.29, 1.82) is 0 Å². The topological polar surface area (TPSA) is 83.9 Å². The molecule has 0 unspecified atom stereocenters. The van der Waals surface area contributed by atoms with Crippen LogP contribution in [0.25, 0.3) is 11.0 Å². The van der Waals surface area contributed by atoms with Gasteiger partial charge in [0.05, 0.1) is 12.4 Å². The fourth-order valence-electron chi connectivity index (χ4n) is 2.88. The molecule has 0 saturated heterocycles. The minimum atomic E-state index is 0.152. The molecule has 7 nitrogen and oxygen atoms in total. The van der Waals surface area contributed by atoms with Crippen LogP contribution in [-0.4, -0.2) is 50.9 Å². The summed E-state index contributed by atoms with van der Waals surface area (Å²) in [6, 6.07) is 0.313. The molecule has 1 amide bonds. The summed E-state index contributed by atoms with van der Waals surface area (Å²) >= 11 is 0. The largest absolute Gasteiger partial charge is 0.351 e. The van der Waals surface area contributed by atoms with Gasteiger partial charge in [-0.05, 0) is 25.7 Å². The van der Waals surface area contributed by atoms with E-state index in [0.29, 0.717) is 12.0 Å². The van der Waals surface area contributed by atoms with E-state index in [9.17, 15) is 4.79 Å². The van der Waals surface area contributed by atoms with Gasteiger partial charge in [0.25, 0.3) is 0 Å². The van der Waals surface area contributed by atoms with Gasteiger partial charge in [-0.1, -0.05) is 0 Å². The lowest BCUT2D eigenvalue weighted by Crippen LogP contribution is -2.35. The molecule has 1 saturated carbocycles. The van der Waals surface area contributed by atoms with Crippen molar-refractivity contribution in [2.24, 2.45) is 5.92 Å². The highest BCUT2D eigenvalue weighted by Gasteiger charge is 2.27. The first kappa shape index (κ1) is 14.6. The summed E-state index contributed by atoms with van der Waals surface area (Å²) in [4.78, 5) is 30.5. The number of rotatable bonds is 3. The minimum Gasteiger partial charge on any atom is -0.351 e. The summed E-state index contributed by atoms with van der Waals surface area (Å²) in [7, 11) is 3.63. The van der Waals surface area contributed by atoms with Crippen LogP contribution in [0.2, 0.25) is 0 Å². The van der Waals surface area contributed by atoms with E-state index >= 15 is 0 Å². The van der Waals surface area contributed by atoms with E-state index in [1.807, 2.05) is 14.1 Å². The SMILES string of the molecule is CN(C)C(=O)C1CCC(Nc2ncc3ncncc3n2)CC1. The minimum absolute atomic E-state index is 0.152. The molecule has 22 heavy (non-hydrogen) atoms. The standard InChI is InChI=1S/C15H20N6O/c1-21(2)14(22)10-3-5-11(6-4-10)19-15-17-8-12-13(20-15)7-16-9-18-12/h7-11H,3-6H2,1-2H3,(H,17,19,20). The number of aromatic nitrogens is 4. The molecule has 1 aliphatic carbocycles. The molecule has 0 atom stereocenters. The van der Waals surface area contributed by atoms with Crippen LogP contribution in [0.1, 0.15) is 25.7 Å². The molecule has 1 aliphatic rings. The zero-order valence-electron chi connectivity index (χ0n) is 12.9. The number of anilines is 1. The molecule has 2 aromatic rings. The van der Waals surface area contributed by atoms with Crippen molar-refractivity contribution in [2.45, 2.75) is 31.7 Å². The van der Waals surface area contributed by atoms with Gasteiger partial charge in [0, 0.05) is 26.1 Å². The first-order valence-corrected chi connectivity index (χ1v) is 7.54. The zero-order chi connectivity index (χ0) is 15.5. The molecule has 0 aromatic carbocycles. The molecular weight excluding hydrogens is 280 g/mol. The number of nitrogens with one attached hydrogen (secondary N) is 1. The van der Waals surface area contributed by atoms with Gasteiger partial charge < -0.3 is 10.2 Å². The molecule has 1 N–H and O–H groups in total. The summed E-state index contributed by atoms with van der Waals surface area (Å²) in [6.07, 6.45) is 8.60. The van der Waals surface area contributed by atoms with Crippen LogP contribution in [0.15, 0.2) is 18.7 Å². The number of amides is 1. The highest BCUT2D eigenvalue weighted by molar-refractivity contribution is 5.78. The predicted octanol–water partition coefficient (Wildman–Crippen LogP) is 1.48. The maximum absolute atomic E-state index is 12.0. The number of hydrogen-bond donors (Lipinski definition) is 1. The second-order valence-corrected chi connectivity index (χ2v) is 5.91. The van der Waals surface area contributed by atoms with Gasteiger partial charge in [0.15, 0.2) is 0 Å². The van der Waals surface area contributed by atoms with E-state index in [2.05, 4.69) is 25.3 Å². The number of nitrogens with zero attached hydrogens (tertiary/aromatic N) is 5. The van der Waals surface area contributed by atoms with E-state index in [-0.39, 0.29) is 11.8 Å². The Bertz CT molecular complexity index is 666. The lowest BCUT2D eigenvalue weighted by atomic mass is 9.85. The monoisotopic (exact) mass is 300 g/mol. The molecule has 1 fully saturated rings. The summed E-state index contributed by atoms with van der Waals surface area (Å²) in [5.74, 6) is 0.987. The van der Waals surface area contributed by atoms with Crippen molar-refractivity contribution in [3.63, 3.8) is 0 Å². The second-order valence-electron chi connectivity index (χ2n) is 5.91. The average Bonchev–Trinajstić information content (AvgIpc) is 2.55. The first-order chi connectivity index (χ1) is 10.6. The van der Waals surface area contributed by atoms with Gasteiger partial charge in [0.1, 0.15) is 17.4 Å². The maximum Gasteiger partial charge on any atom is 0.225 e. The predicted molar refractivity (Wildman–Crippen MR) is 83.2 cm³/mol. The van der Waals surface area contributed by atoms with Gasteiger partial charge >= 0.3 is 0 Å². The molecule has 0 bridgehead atoms. The van der Waals surface area contributed by atoms with Crippen molar-refractivity contribution in [3.8, 4) is 0 Å². The van der Waals surface area contributed by atoms with Gasteiger partial charge in [-0.3, -0.25) is 4.79 Å². The highest BCUT2D eigenvalue weighted by atomic mass is 16.2. The Balaban J connectivity index is 1.61. The molecular formula is C15H20N6O. The number of carbonyl (C=O) groups is 1. The van der Waals surface area contributed by atoms with Crippen LogP contribution in [0.4, 0.5) is 5.95 Å². The molecule has 0 aliphatic heterocycles. The maximum atomic E-state index is 12.0. The van der Waals surface area contributed by atoms with Crippen LogP contribution < -0.4 is 5.32 Å². The van der Waals surface area contributed by atoms with Gasteiger partial charge in [-0.2, -0.15) is 0 Å². The Kier molecular flexibility index (Phi) is 4.13. The smallest absolute Gasteiger partial charge is 0.225 e. The number of hydrogen-bond acceptors (Lipinski definition) is 6. The molecule has 7 heteroatoms. The number of carbonyl (C=O) groups excluding carboxylic acids is 1. The van der Waals surface area contributed by atoms with Crippen molar-refractivity contribution >= 4 is 22.9 Å². The van der Waals surface area contributed by atoms with Crippen LogP contribution in [0.3, 0.4) is 0 Å². The van der Waals surface area contributed by atoms with Gasteiger partial charge in [-0.25, -0.2) is 19.9 Å². The Hall–Kier alpha value is -2.31. The fourth-order valence-corrected chi connectivity index (χ4v) is 2.88. The van der Waals surface area contributed by atoms with Crippen LogP contribution in [0.5, 0.6) is 0 Å². The molecule has 2 aromatic heterocycles. The van der Waals surface area contributed by atoms with Crippen molar-refractivity contribution < 1.29 is 4.79 Å². The van der Waals surface area contributed by atoms with E-state index in [1.165, 1.54) is 6.33 Å². The average molecular weight is 300 g/mol. The Labute approximate surface area is 129 Å². The molecule has 2 heterocycles. The van der Waals surface area contributed by atoms with E-state index < -0.39 is 0 Å². The Morgan fingerprint density at radius 2 is 1.91 bits per heavy atom. The van der Waals surface area contributed by atoms with E-state index in [0.717, 1.165) is 36.7 Å². The quantitative estimate of drug-likeness (QED) is 0.924. The Morgan fingerprint density at radius 1 is 1.14 bits per heavy atom. The molecule has 116 valence electrons. The second kappa shape index (κ2) is 6.21. The lowest BCUT2D eigenvalue weighted by molar-refractivity contribution is -0.133. The summed E-state index contributed by atoms with van der Waals surface area (Å²) < 4.78 is 0. The molecule has 3 rings (SSSR count). The molecule has 0 spiro atoms. The van der Waals surface area contributed by atoms with Crippen LogP contribution >= 0.6 is 0 Å². The highest BCUT2D eigenvalue weighted by Crippen LogP contribution is 2.27. The van der Waals surface area contributed by atoms with Gasteiger partial charge in [0.2, 0.25) is 11.9 Å². The van der Waals surface area contributed by atoms with E-state index in [4.69, 9.17) is 0 Å². The lowest BCUT2D eigenvalue weighted by Gasteiger charge is -2.29. The van der Waals surface area contributed by atoms with Crippen LogP contribution in [-0.2, 0) is 4.79 Å². The Morgan fingerprint density at radius 3 is 2.64 bits per heavy atom. The summed E-state index contributed by atoms with van der Waals surface area (Å²) in [5, 5.41) is 3.36. The van der Waals surface area contributed by atoms with Crippen LogP contribution in [0, 0.1) is 5.92 Å². The van der Waals surface area contributed by atoms with E-state index in [1.54, 1.807) is 17.3 Å². The fraction of sp³-hybridized carbons (Fsp3) is 0.533. The molecule has 0 radical (unpaired) electrons. The summed E-state index contributed by atoms with van der Waals surface area (Å²) in [5.41, 5.74) is 1.47. The van der Waals surface area contributed by atoms with Crippen molar-refractivity contribution in [1.82, 2.24) is 24.8 Å². The normalized spacial score (nSPS) is 21.5. The van der Waals surface area contributed by atoms with Gasteiger partial charge in [-0.15, -0.1) is 0 Å². The van der Waals surface area contributed by atoms with Crippen molar-refractivity contribution in [3.05, 3.63) is 18.7 Å². The first-order valence-electron chi connectivity index (χ1n) is 7.54. The summed E-state index contributed by atoms with van der Waals surface area (Å²) in [6.45, 7) is 0. The number of fused-ring (bicyclic) bond motifs is 1. The van der Waals surface area contributed by atoms with Crippen molar-refractivity contribution in [2.75, 3.05) is 19.4 Å². The zero-order valence-corrected chi connectivity index (χ0v) is 12.9. The third-order valence-corrected chi connectivity index (χ3v) is 4.11. The third-order valence-electron chi connectivity index (χ3n) is 4.11.